The molecule has 2 atom stereocenters. The number of carbonyl (C=O) groups is 2. The Labute approximate surface area is 474 Å². The van der Waals surface area contributed by atoms with Crippen molar-refractivity contribution in [1.82, 2.24) is 33.3 Å². The summed E-state index contributed by atoms with van der Waals surface area (Å²) >= 11 is 12.7. The van der Waals surface area contributed by atoms with Crippen molar-refractivity contribution in [3.63, 3.8) is 0 Å². The van der Waals surface area contributed by atoms with Gasteiger partial charge in [0.05, 0.1) is 89.5 Å². The number of rotatable bonds is 16. The third-order valence-corrected chi connectivity index (χ3v) is 13.6. The number of halogens is 8. The average Bonchev–Trinajstić information content (AvgIpc) is 3.87. The highest BCUT2D eigenvalue weighted by molar-refractivity contribution is 6.30. The fourth-order valence-corrected chi connectivity index (χ4v) is 9.73. The highest BCUT2D eigenvalue weighted by Crippen LogP contribution is 2.31. The molecular weight excluding hydrogens is 1120 g/mol. The number of carbonyl (C=O) groups excluding carboxylic acids is 2. The van der Waals surface area contributed by atoms with Crippen LogP contribution in [0.4, 0.5) is 26.3 Å². The maximum atomic E-state index is 14.4. The molecule has 0 saturated heterocycles. The average molecular weight is 1170 g/mol. The summed E-state index contributed by atoms with van der Waals surface area (Å²) in [4.78, 5) is 67.0. The minimum Gasteiger partial charge on any atom is -0.495 e. The quantitative estimate of drug-likeness (QED) is 0.0559. The number of amides is 2. The van der Waals surface area contributed by atoms with Crippen molar-refractivity contribution in [2.45, 2.75) is 46.2 Å². The maximum absolute atomic E-state index is 14.4. The number of aliphatic hydroxyl groups excluding tert-OH is 1. The summed E-state index contributed by atoms with van der Waals surface area (Å²) in [6.45, 7) is 2.43. The first kappa shape index (κ1) is 59.4. The number of hydroxylamine groups is 2. The number of aryl methyl sites for hydroxylation is 2. The number of aromatic nitrogens is 6. The number of benzene rings is 5. The minimum absolute atomic E-state index is 0. The second-order valence-electron chi connectivity index (χ2n) is 18.6. The third kappa shape index (κ3) is 12.3. The third-order valence-electron chi connectivity index (χ3n) is 13.2. The van der Waals surface area contributed by atoms with Gasteiger partial charge in [-0.3, -0.25) is 24.0 Å². The van der Waals surface area contributed by atoms with Gasteiger partial charge >= 0.3 is 0 Å². The molecule has 2 amide bonds. The molecular formula is C59H49Cl2F6N7O8. The van der Waals surface area contributed by atoms with Crippen LogP contribution >= 0.6 is 23.2 Å². The van der Waals surface area contributed by atoms with E-state index in [2.05, 4.69) is 9.97 Å². The van der Waals surface area contributed by atoms with Gasteiger partial charge in [-0.05, 0) is 109 Å². The molecule has 1 aliphatic heterocycles. The molecule has 5 aromatic carbocycles. The SMILES string of the molecule is C.COc1cc(Cc2cc(Cl)cn(C(CO)c3cc(F)c(F)c(F)c3)c2=O)ccc1-n1cnc(C)c1.COc1cc(Cc2cc(Cl)cn(C(CON3C(=O)c4ccccc4C3=O)c3cc(F)c(F)c(F)c3)c2=O)ccc1-n1cnc(C)c1. The number of imide groups is 1. The Morgan fingerprint density at radius 1 is 0.561 bits per heavy atom. The van der Waals surface area contributed by atoms with Crippen molar-refractivity contribution >= 4 is 35.0 Å². The van der Waals surface area contributed by atoms with E-state index in [0.29, 0.717) is 34.3 Å². The largest absolute Gasteiger partial charge is 0.495 e. The molecule has 0 fully saturated rings. The Bertz CT molecular complexity index is 3960. The normalized spacial score (nSPS) is 12.6. The second kappa shape index (κ2) is 24.9. The predicted octanol–water partition coefficient (Wildman–Crippen LogP) is 11.1. The summed E-state index contributed by atoms with van der Waals surface area (Å²) in [5.41, 5.74) is 3.82. The molecule has 5 heterocycles. The number of hydrogen-bond acceptors (Lipinski definition) is 10. The molecule has 23 heteroatoms. The molecule has 10 rings (SSSR count). The van der Waals surface area contributed by atoms with E-state index in [4.69, 9.17) is 37.5 Å². The lowest BCUT2D eigenvalue weighted by Crippen LogP contribution is -2.36. The molecule has 2 unspecified atom stereocenters. The lowest BCUT2D eigenvalue weighted by molar-refractivity contribution is -0.0981. The zero-order chi connectivity index (χ0) is 58.0. The number of imidazole rings is 2. The first-order chi connectivity index (χ1) is 38.8. The van der Waals surface area contributed by atoms with Gasteiger partial charge in [0.2, 0.25) is 0 Å². The van der Waals surface area contributed by atoms with E-state index in [9.17, 15) is 50.6 Å². The van der Waals surface area contributed by atoms with Crippen molar-refractivity contribution < 1.29 is 55.3 Å². The number of methoxy groups -OCH3 is 2. The van der Waals surface area contributed by atoms with Crippen molar-refractivity contribution in [3.8, 4) is 22.9 Å². The number of hydrogen-bond donors (Lipinski definition) is 1. The van der Waals surface area contributed by atoms with E-state index in [-0.39, 0.29) is 63.7 Å². The molecule has 1 aliphatic rings. The molecule has 424 valence electrons. The van der Waals surface area contributed by atoms with Gasteiger partial charge in [-0.2, -0.15) is 0 Å². The van der Waals surface area contributed by atoms with Crippen molar-refractivity contribution in [2.75, 3.05) is 27.4 Å². The summed E-state index contributed by atoms with van der Waals surface area (Å²) in [7, 11) is 3.05. The van der Waals surface area contributed by atoms with Gasteiger partial charge in [0.25, 0.3) is 22.9 Å². The standard InChI is InChI=1S/C33H24ClF3N4O5.C25H21ClF3N3O3.CH4/c1-18-14-39(17-38-18)27-8-7-19(10-29(27)45-2)9-21-11-22(34)15-40(31(21)42)28(20-12-25(35)30(37)26(36)13-20)16-46-41-32(43)23-5-3-4-6-24(23)33(41)44;1-14-10-31(13-30-14)21-4-3-15(6-23(21)35-2)5-17-7-18(26)11-32(25(17)34)22(12-33)16-8-19(27)24(29)20(28)9-16;/h3-8,10-15,17,28H,9,16H2,1-2H3;3-4,6-11,13,22,33H,5,12H2,1-2H3;1H4. The van der Waals surface area contributed by atoms with Gasteiger partial charge in [0.15, 0.2) is 34.9 Å². The van der Waals surface area contributed by atoms with Crippen molar-refractivity contribution in [1.29, 1.82) is 0 Å². The Hall–Kier alpha value is -8.76. The molecule has 0 saturated carbocycles. The van der Waals surface area contributed by atoms with E-state index in [1.807, 2.05) is 42.9 Å². The Morgan fingerprint density at radius 2 is 0.963 bits per heavy atom. The predicted molar refractivity (Wildman–Crippen MR) is 292 cm³/mol. The number of pyridine rings is 2. The molecule has 0 spiro atoms. The smallest absolute Gasteiger partial charge is 0.285 e. The van der Waals surface area contributed by atoms with Crippen LogP contribution in [0.1, 0.15) is 85.0 Å². The molecule has 0 bridgehead atoms. The highest BCUT2D eigenvalue weighted by Gasteiger charge is 2.37. The van der Waals surface area contributed by atoms with Gasteiger partial charge in [-0.25, -0.2) is 36.3 Å². The van der Waals surface area contributed by atoms with Crippen molar-refractivity contribution in [3.05, 3.63) is 256 Å². The molecule has 82 heavy (non-hydrogen) atoms. The van der Waals surface area contributed by atoms with Crippen LogP contribution in [0.25, 0.3) is 11.4 Å². The molecule has 0 radical (unpaired) electrons. The number of ether oxygens (including phenoxy) is 2. The van der Waals surface area contributed by atoms with Gasteiger partial charge in [0, 0.05) is 48.8 Å². The van der Waals surface area contributed by atoms with Gasteiger partial charge in [-0.15, -0.1) is 5.06 Å². The summed E-state index contributed by atoms with van der Waals surface area (Å²) in [5.74, 6) is -9.61. The minimum atomic E-state index is -1.70. The van der Waals surface area contributed by atoms with E-state index in [1.54, 1.807) is 53.6 Å². The fourth-order valence-electron chi connectivity index (χ4n) is 9.25. The van der Waals surface area contributed by atoms with E-state index in [1.165, 1.54) is 50.9 Å². The Kier molecular flexibility index (Phi) is 18.1. The monoisotopic (exact) mass is 1170 g/mol. The van der Waals surface area contributed by atoms with Crippen LogP contribution in [-0.2, 0) is 17.7 Å². The highest BCUT2D eigenvalue weighted by atomic mass is 35.5. The van der Waals surface area contributed by atoms with Crippen LogP contribution < -0.4 is 20.6 Å². The number of fused-ring (bicyclic) bond motifs is 1. The van der Waals surface area contributed by atoms with Crippen molar-refractivity contribution in [2.24, 2.45) is 0 Å². The van der Waals surface area contributed by atoms with E-state index >= 15 is 0 Å². The summed E-state index contributed by atoms with van der Waals surface area (Å²) in [6, 6.07) is 20.2. The molecule has 4 aromatic heterocycles. The molecule has 1 N–H and O–H groups in total. The van der Waals surface area contributed by atoms with Crippen LogP contribution in [0.2, 0.25) is 10.0 Å². The fraction of sp³-hybridized carbons (Fsp3) is 0.186. The number of nitrogens with zero attached hydrogens (tertiary/aromatic N) is 7. The van der Waals surface area contributed by atoms with E-state index < -0.39 is 83.1 Å². The lowest BCUT2D eigenvalue weighted by atomic mass is 10.0. The topological polar surface area (TPSA) is 165 Å². The van der Waals surface area contributed by atoms with Crippen LogP contribution in [0.3, 0.4) is 0 Å². The Balaban J connectivity index is 0.000000220. The maximum Gasteiger partial charge on any atom is 0.285 e. The van der Waals surface area contributed by atoms with Gasteiger partial charge in [0.1, 0.15) is 18.1 Å². The summed E-state index contributed by atoms with van der Waals surface area (Å²) in [5, 5.41) is 10.7. The Morgan fingerprint density at radius 3 is 1.34 bits per heavy atom. The van der Waals surface area contributed by atoms with Gasteiger partial charge < -0.3 is 32.8 Å². The van der Waals surface area contributed by atoms with Crippen LogP contribution in [0.15, 0.2) is 144 Å². The first-order valence-electron chi connectivity index (χ1n) is 24.4. The molecule has 15 nitrogen and oxygen atoms in total. The van der Waals surface area contributed by atoms with Crippen LogP contribution in [0, 0.1) is 48.8 Å². The van der Waals surface area contributed by atoms with Crippen LogP contribution in [-0.4, -0.2) is 77.7 Å². The first-order valence-corrected chi connectivity index (χ1v) is 25.2. The van der Waals surface area contributed by atoms with Gasteiger partial charge in [-0.1, -0.05) is 54.9 Å². The zero-order valence-corrected chi connectivity index (χ0v) is 44.7. The zero-order valence-electron chi connectivity index (χ0n) is 43.1. The van der Waals surface area contributed by atoms with E-state index in [0.717, 1.165) is 49.6 Å². The molecule has 0 aliphatic carbocycles. The second-order valence-corrected chi connectivity index (χ2v) is 19.4. The lowest BCUT2D eigenvalue weighted by Gasteiger charge is -2.24. The van der Waals surface area contributed by atoms with Crippen LogP contribution in [0.5, 0.6) is 11.5 Å². The summed E-state index contributed by atoms with van der Waals surface area (Å²) in [6.07, 6.45) is 9.74. The summed E-state index contributed by atoms with van der Waals surface area (Å²) < 4.78 is 101. The molecule has 9 aromatic rings. The number of aliphatic hydroxyl groups is 1.